The average Bonchev–Trinajstić information content (AvgIpc) is 3.21. The molecule has 5 rings (SSSR count). The minimum absolute atomic E-state index is 0.0264. The number of hydrogen-bond donors (Lipinski definition) is 3. The summed E-state index contributed by atoms with van der Waals surface area (Å²) in [6.45, 7) is 6.07. The number of aryl methyl sites for hydroxylation is 1. The van der Waals surface area contributed by atoms with Gasteiger partial charge in [0.15, 0.2) is 5.82 Å². The van der Waals surface area contributed by atoms with Gasteiger partial charge in [0.2, 0.25) is 11.9 Å². The lowest BCUT2D eigenvalue weighted by Crippen LogP contribution is -2.33. The first-order chi connectivity index (χ1) is 16.9. The largest absolute Gasteiger partial charge is 0.371 e. The van der Waals surface area contributed by atoms with E-state index in [2.05, 4.69) is 27.2 Å². The van der Waals surface area contributed by atoms with Gasteiger partial charge in [-0.05, 0) is 29.3 Å². The second kappa shape index (κ2) is 9.28. The SMILES string of the molecule is C=C(C(N)=O)c1ccc2c(-c3nc(Nc4ccc(C5CNCCO5)cc4)ncc3F)cn(C)c2c1. The zero-order valence-electron chi connectivity index (χ0n) is 19.2. The van der Waals surface area contributed by atoms with Gasteiger partial charge in [-0.15, -0.1) is 0 Å². The van der Waals surface area contributed by atoms with E-state index in [1.54, 1.807) is 18.3 Å². The predicted octanol–water partition coefficient (Wildman–Crippen LogP) is 3.68. The Morgan fingerprint density at radius 3 is 2.80 bits per heavy atom. The number of ether oxygens (including phenoxy) is 1. The van der Waals surface area contributed by atoms with Gasteiger partial charge in [0.25, 0.3) is 0 Å². The number of fused-ring (bicyclic) bond motifs is 1. The smallest absolute Gasteiger partial charge is 0.248 e. The van der Waals surface area contributed by atoms with Crippen LogP contribution in [-0.4, -0.2) is 40.1 Å². The van der Waals surface area contributed by atoms with Crippen LogP contribution in [0.2, 0.25) is 0 Å². The molecule has 0 spiro atoms. The van der Waals surface area contributed by atoms with Crippen molar-refractivity contribution in [2.24, 2.45) is 12.8 Å². The number of nitrogens with two attached hydrogens (primary N) is 1. The maximum absolute atomic E-state index is 14.8. The van der Waals surface area contributed by atoms with Crippen LogP contribution in [0.1, 0.15) is 17.2 Å². The molecule has 9 heteroatoms. The van der Waals surface area contributed by atoms with Gasteiger partial charge in [0, 0.05) is 54.1 Å². The van der Waals surface area contributed by atoms with Crippen molar-refractivity contribution in [3.05, 3.63) is 78.4 Å². The highest BCUT2D eigenvalue weighted by atomic mass is 19.1. The van der Waals surface area contributed by atoms with E-state index in [0.29, 0.717) is 17.7 Å². The number of nitrogens with zero attached hydrogens (tertiary/aromatic N) is 3. The number of anilines is 2. The van der Waals surface area contributed by atoms with Gasteiger partial charge in [0.05, 0.1) is 18.9 Å². The summed E-state index contributed by atoms with van der Waals surface area (Å²) < 4.78 is 22.5. The second-order valence-corrected chi connectivity index (χ2v) is 8.43. The van der Waals surface area contributed by atoms with Crippen molar-refractivity contribution >= 4 is 34.0 Å². The van der Waals surface area contributed by atoms with E-state index in [1.165, 1.54) is 0 Å². The lowest BCUT2D eigenvalue weighted by molar-refractivity contribution is -0.112. The number of rotatable bonds is 6. The van der Waals surface area contributed by atoms with Crippen LogP contribution >= 0.6 is 0 Å². The molecule has 3 heterocycles. The Morgan fingerprint density at radius 1 is 1.29 bits per heavy atom. The molecule has 1 saturated heterocycles. The van der Waals surface area contributed by atoms with E-state index < -0.39 is 11.7 Å². The summed E-state index contributed by atoms with van der Waals surface area (Å²) in [5.41, 5.74) is 9.63. The van der Waals surface area contributed by atoms with Gasteiger partial charge >= 0.3 is 0 Å². The third kappa shape index (κ3) is 4.51. The number of carbonyl (C=O) groups is 1. The van der Waals surface area contributed by atoms with E-state index in [1.807, 2.05) is 41.9 Å². The Labute approximate surface area is 201 Å². The molecule has 0 radical (unpaired) electrons. The highest BCUT2D eigenvalue weighted by Gasteiger charge is 2.18. The molecule has 0 aliphatic carbocycles. The minimum atomic E-state index is -0.590. The molecule has 1 fully saturated rings. The van der Waals surface area contributed by atoms with Gasteiger partial charge < -0.3 is 25.7 Å². The molecule has 8 nitrogen and oxygen atoms in total. The van der Waals surface area contributed by atoms with Crippen LogP contribution in [-0.2, 0) is 16.6 Å². The van der Waals surface area contributed by atoms with Crippen molar-refractivity contribution in [3.8, 4) is 11.3 Å². The molecule has 0 bridgehead atoms. The van der Waals surface area contributed by atoms with E-state index in [9.17, 15) is 9.18 Å². The fourth-order valence-corrected chi connectivity index (χ4v) is 4.21. The third-order valence-corrected chi connectivity index (χ3v) is 6.10. The molecule has 1 amide bonds. The summed E-state index contributed by atoms with van der Waals surface area (Å²) >= 11 is 0. The van der Waals surface area contributed by atoms with Crippen molar-refractivity contribution in [1.29, 1.82) is 0 Å². The normalized spacial score (nSPS) is 15.8. The summed E-state index contributed by atoms with van der Waals surface area (Å²) in [6, 6.07) is 13.2. The number of amides is 1. The zero-order chi connectivity index (χ0) is 24.5. The summed E-state index contributed by atoms with van der Waals surface area (Å²) in [4.78, 5) is 20.1. The quantitative estimate of drug-likeness (QED) is 0.370. The highest BCUT2D eigenvalue weighted by molar-refractivity contribution is 6.18. The lowest BCUT2D eigenvalue weighted by atomic mass is 10.0. The second-order valence-electron chi connectivity index (χ2n) is 8.43. The van der Waals surface area contributed by atoms with Gasteiger partial charge in [-0.1, -0.05) is 30.8 Å². The molecule has 2 aromatic carbocycles. The first kappa shape index (κ1) is 22.7. The monoisotopic (exact) mass is 472 g/mol. The van der Waals surface area contributed by atoms with Crippen LogP contribution in [0.5, 0.6) is 0 Å². The summed E-state index contributed by atoms with van der Waals surface area (Å²) in [5.74, 6) is -0.848. The van der Waals surface area contributed by atoms with Crippen LogP contribution in [0.4, 0.5) is 16.0 Å². The van der Waals surface area contributed by atoms with Gasteiger partial charge in [-0.2, -0.15) is 0 Å². The molecule has 178 valence electrons. The fourth-order valence-electron chi connectivity index (χ4n) is 4.21. The molecule has 1 unspecified atom stereocenters. The van der Waals surface area contributed by atoms with E-state index >= 15 is 0 Å². The number of morpholine rings is 1. The molecule has 4 N–H and O–H groups in total. The average molecular weight is 473 g/mol. The van der Waals surface area contributed by atoms with Crippen LogP contribution in [0.15, 0.2) is 61.4 Å². The Hall–Kier alpha value is -4.08. The Kier molecular flexibility index (Phi) is 6.02. The first-order valence-electron chi connectivity index (χ1n) is 11.2. The molecular weight excluding hydrogens is 447 g/mol. The van der Waals surface area contributed by atoms with Crippen molar-refractivity contribution in [2.75, 3.05) is 25.0 Å². The van der Waals surface area contributed by atoms with E-state index in [-0.39, 0.29) is 23.3 Å². The maximum Gasteiger partial charge on any atom is 0.248 e. The maximum atomic E-state index is 14.8. The van der Waals surface area contributed by atoms with Crippen LogP contribution in [0.25, 0.3) is 27.7 Å². The summed E-state index contributed by atoms with van der Waals surface area (Å²) in [5, 5.41) is 7.25. The summed E-state index contributed by atoms with van der Waals surface area (Å²) in [6.07, 6.45) is 2.98. The molecule has 1 atom stereocenters. The molecule has 2 aromatic heterocycles. The Bertz CT molecular complexity index is 1420. The van der Waals surface area contributed by atoms with Crippen molar-refractivity contribution in [3.63, 3.8) is 0 Å². The third-order valence-electron chi connectivity index (χ3n) is 6.10. The number of carbonyl (C=O) groups excluding carboxylic acids is 1. The predicted molar refractivity (Wildman–Crippen MR) is 133 cm³/mol. The number of halogens is 1. The number of primary amides is 1. The van der Waals surface area contributed by atoms with Crippen LogP contribution < -0.4 is 16.4 Å². The highest BCUT2D eigenvalue weighted by Crippen LogP contribution is 2.33. The fraction of sp³-hybridized carbons (Fsp3) is 0.192. The van der Waals surface area contributed by atoms with E-state index in [0.717, 1.165) is 41.4 Å². The van der Waals surface area contributed by atoms with Crippen molar-refractivity contribution in [2.45, 2.75) is 6.10 Å². The number of nitrogens with one attached hydrogen (secondary N) is 2. The molecule has 1 aliphatic heterocycles. The number of benzene rings is 2. The van der Waals surface area contributed by atoms with Crippen LogP contribution in [0.3, 0.4) is 0 Å². The Balaban J connectivity index is 1.43. The molecular formula is C26H25FN6O2. The Morgan fingerprint density at radius 2 is 2.09 bits per heavy atom. The van der Waals surface area contributed by atoms with Crippen LogP contribution in [0, 0.1) is 5.82 Å². The summed E-state index contributed by atoms with van der Waals surface area (Å²) in [7, 11) is 1.84. The molecule has 0 saturated carbocycles. The minimum Gasteiger partial charge on any atom is -0.371 e. The lowest BCUT2D eigenvalue weighted by Gasteiger charge is -2.24. The first-order valence-corrected chi connectivity index (χ1v) is 11.2. The van der Waals surface area contributed by atoms with Crippen molar-refractivity contribution in [1.82, 2.24) is 19.9 Å². The molecule has 4 aromatic rings. The zero-order valence-corrected chi connectivity index (χ0v) is 19.2. The van der Waals surface area contributed by atoms with E-state index in [4.69, 9.17) is 10.5 Å². The molecule has 35 heavy (non-hydrogen) atoms. The standard InChI is InChI=1S/C26H25FN6O2/c1-15(25(28)34)17-5-8-19-20(14-33(2)22(19)11-17)24-21(27)12-30-26(32-24)31-18-6-3-16(4-7-18)23-13-29-9-10-35-23/h3-8,11-12,14,23,29H,1,9-10,13H2,2H3,(H2,28,34)(H,30,31,32). The van der Waals surface area contributed by atoms with Gasteiger partial charge in [-0.3, -0.25) is 4.79 Å². The van der Waals surface area contributed by atoms with Crippen molar-refractivity contribution < 1.29 is 13.9 Å². The molecule has 1 aliphatic rings. The number of aromatic nitrogens is 3. The van der Waals surface area contributed by atoms with Gasteiger partial charge in [-0.25, -0.2) is 14.4 Å². The van der Waals surface area contributed by atoms with Gasteiger partial charge in [0.1, 0.15) is 5.69 Å². The topological polar surface area (TPSA) is 107 Å². The number of hydrogen-bond acceptors (Lipinski definition) is 6.